The maximum atomic E-state index is 12.4. The average molecular weight is 356 g/mol. The molecular weight excluding hydrogens is 336 g/mol. The zero-order valence-corrected chi connectivity index (χ0v) is 15.1. The Balaban J connectivity index is 1.52. The molecule has 134 valence electrons. The van der Waals surface area contributed by atoms with Gasteiger partial charge in [-0.2, -0.15) is 0 Å². The summed E-state index contributed by atoms with van der Waals surface area (Å²) in [6, 6.07) is 20.0. The SMILES string of the molecule is Cc1cccc(CC(=O)Cc2ccc(-c3cccn4nnc(N)c34)cc2)c1. The fourth-order valence-corrected chi connectivity index (χ4v) is 3.35. The van der Waals surface area contributed by atoms with E-state index in [1.807, 2.05) is 67.7 Å². The van der Waals surface area contributed by atoms with E-state index in [-0.39, 0.29) is 5.78 Å². The van der Waals surface area contributed by atoms with Crippen LogP contribution in [0.15, 0.2) is 66.9 Å². The maximum Gasteiger partial charge on any atom is 0.174 e. The highest BCUT2D eigenvalue weighted by atomic mass is 16.1. The third-order valence-corrected chi connectivity index (χ3v) is 4.62. The number of benzene rings is 2. The fraction of sp³-hybridized carbons (Fsp3) is 0.136. The van der Waals surface area contributed by atoms with Crippen molar-refractivity contribution in [2.75, 3.05) is 5.73 Å². The molecule has 27 heavy (non-hydrogen) atoms. The van der Waals surface area contributed by atoms with Gasteiger partial charge in [-0.15, -0.1) is 5.10 Å². The zero-order valence-electron chi connectivity index (χ0n) is 15.1. The Kier molecular flexibility index (Phi) is 4.42. The number of pyridine rings is 1. The normalized spacial score (nSPS) is 11.0. The minimum atomic E-state index is 0.208. The summed E-state index contributed by atoms with van der Waals surface area (Å²) in [6.07, 6.45) is 2.70. The lowest BCUT2D eigenvalue weighted by molar-refractivity contribution is -0.117. The molecule has 5 heteroatoms. The van der Waals surface area contributed by atoms with Crippen LogP contribution in [0.25, 0.3) is 16.6 Å². The van der Waals surface area contributed by atoms with Crippen LogP contribution in [0.1, 0.15) is 16.7 Å². The van der Waals surface area contributed by atoms with Crippen molar-refractivity contribution in [1.29, 1.82) is 0 Å². The van der Waals surface area contributed by atoms with Crippen LogP contribution >= 0.6 is 0 Å². The number of aromatic nitrogens is 3. The molecule has 2 heterocycles. The Hall–Kier alpha value is -3.47. The van der Waals surface area contributed by atoms with Crippen LogP contribution in [0.4, 0.5) is 5.82 Å². The number of carbonyl (C=O) groups is 1. The molecular formula is C22H20N4O. The quantitative estimate of drug-likeness (QED) is 0.592. The number of nitrogens with two attached hydrogens (primary N) is 1. The predicted octanol–water partition coefficient (Wildman–Crippen LogP) is 3.64. The number of nitrogen functional groups attached to an aromatic ring is 1. The van der Waals surface area contributed by atoms with Crippen LogP contribution < -0.4 is 5.73 Å². The monoisotopic (exact) mass is 356 g/mol. The van der Waals surface area contributed by atoms with E-state index < -0.39 is 0 Å². The Morgan fingerprint density at radius 2 is 1.78 bits per heavy atom. The highest BCUT2D eigenvalue weighted by Crippen LogP contribution is 2.27. The van der Waals surface area contributed by atoms with Gasteiger partial charge in [-0.05, 0) is 29.7 Å². The molecule has 4 aromatic rings. The molecule has 0 bridgehead atoms. The molecule has 0 aliphatic rings. The van der Waals surface area contributed by atoms with E-state index in [4.69, 9.17) is 5.73 Å². The van der Waals surface area contributed by atoms with Crippen molar-refractivity contribution in [3.8, 4) is 11.1 Å². The van der Waals surface area contributed by atoms with Gasteiger partial charge in [0.15, 0.2) is 5.82 Å². The van der Waals surface area contributed by atoms with Crippen molar-refractivity contribution in [2.24, 2.45) is 0 Å². The van der Waals surface area contributed by atoms with Gasteiger partial charge in [-0.25, -0.2) is 4.52 Å². The Labute approximate surface area is 157 Å². The smallest absolute Gasteiger partial charge is 0.174 e. The number of hydrogen-bond acceptors (Lipinski definition) is 4. The standard InChI is InChI=1S/C22H20N4O/c1-15-4-2-5-17(12-15)14-19(27)13-16-7-9-18(10-8-16)20-6-3-11-26-21(20)22(23)24-25-26/h2-12H,13-14,23H2,1H3. The summed E-state index contributed by atoms with van der Waals surface area (Å²) in [5, 5.41) is 7.94. The summed E-state index contributed by atoms with van der Waals surface area (Å²) in [6.45, 7) is 2.04. The maximum absolute atomic E-state index is 12.4. The summed E-state index contributed by atoms with van der Waals surface area (Å²) < 4.78 is 1.67. The number of nitrogens with zero attached hydrogens (tertiary/aromatic N) is 3. The summed E-state index contributed by atoms with van der Waals surface area (Å²) in [5.41, 5.74) is 12.0. The molecule has 5 nitrogen and oxygen atoms in total. The highest BCUT2D eigenvalue weighted by Gasteiger charge is 2.11. The first kappa shape index (κ1) is 17.0. The van der Waals surface area contributed by atoms with E-state index in [1.54, 1.807) is 4.52 Å². The largest absolute Gasteiger partial charge is 0.380 e. The number of rotatable bonds is 5. The van der Waals surface area contributed by atoms with Gasteiger partial charge in [0.05, 0.1) is 0 Å². The molecule has 2 aromatic carbocycles. The molecule has 0 radical (unpaired) electrons. The van der Waals surface area contributed by atoms with E-state index in [0.717, 1.165) is 27.8 Å². The molecule has 0 aliphatic carbocycles. The van der Waals surface area contributed by atoms with Gasteiger partial charge in [0.1, 0.15) is 11.3 Å². The molecule has 0 aliphatic heterocycles. The molecule has 0 saturated carbocycles. The first-order valence-electron chi connectivity index (χ1n) is 8.86. The van der Waals surface area contributed by atoms with E-state index in [0.29, 0.717) is 18.7 Å². The van der Waals surface area contributed by atoms with Gasteiger partial charge in [0.25, 0.3) is 0 Å². The molecule has 0 atom stereocenters. The van der Waals surface area contributed by atoms with Gasteiger partial charge >= 0.3 is 0 Å². The van der Waals surface area contributed by atoms with Crippen molar-refractivity contribution in [2.45, 2.75) is 19.8 Å². The van der Waals surface area contributed by atoms with Crippen molar-refractivity contribution in [3.05, 3.63) is 83.6 Å². The summed E-state index contributed by atoms with van der Waals surface area (Å²) >= 11 is 0. The number of anilines is 1. The average Bonchev–Trinajstić information content (AvgIpc) is 3.04. The van der Waals surface area contributed by atoms with Crippen LogP contribution in [0.3, 0.4) is 0 Å². The Bertz CT molecular complexity index is 1110. The topological polar surface area (TPSA) is 73.3 Å². The number of carbonyl (C=O) groups excluding carboxylic acids is 1. The second-order valence-corrected chi connectivity index (χ2v) is 6.77. The molecule has 4 rings (SSSR count). The summed E-state index contributed by atoms with van der Waals surface area (Å²) in [4.78, 5) is 12.4. The third-order valence-electron chi connectivity index (χ3n) is 4.62. The van der Waals surface area contributed by atoms with Crippen molar-refractivity contribution >= 4 is 17.1 Å². The second-order valence-electron chi connectivity index (χ2n) is 6.77. The van der Waals surface area contributed by atoms with Gasteiger partial charge < -0.3 is 5.73 Å². The molecule has 0 unspecified atom stereocenters. The number of aryl methyl sites for hydroxylation is 1. The third kappa shape index (κ3) is 3.58. The van der Waals surface area contributed by atoms with Crippen molar-refractivity contribution in [1.82, 2.24) is 14.8 Å². The van der Waals surface area contributed by atoms with E-state index in [1.165, 1.54) is 5.56 Å². The predicted molar refractivity (Wildman–Crippen MR) is 106 cm³/mol. The van der Waals surface area contributed by atoms with Gasteiger partial charge in [0, 0.05) is 24.6 Å². The van der Waals surface area contributed by atoms with Gasteiger partial charge in [-0.3, -0.25) is 4.79 Å². The first-order chi connectivity index (χ1) is 13.1. The van der Waals surface area contributed by atoms with Gasteiger partial charge in [0.2, 0.25) is 0 Å². The van der Waals surface area contributed by atoms with Crippen molar-refractivity contribution < 1.29 is 4.79 Å². The lowest BCUT2D eigenvalue weighted by Gasteiger charge is -2.07. The zero-order chi connectivity index (χ0) is 18.8. The van der Waals surface area contributed by atoms with E-state index >= 15 is 0 Å². The number of hydrogen-bond donors (Lipinski definition) is 1. The lowest BCUT2D eigenvalue weighted by Crippen LogP contribution is -2.06. The van der Waals surface area contributed by atoms with E-state index in [2.05, 4.69) is 16.4 Å². The summed E-state index contributed by atoms with van der Waals surface area (Å²) in [5.74, 6) is 0.614. The minimum Gasteiger partial charge on any atom is -0.380 e. The number of fused-ring (bicyclic) bond motifs is 1. The minimum absolute atomic E-state index is 0.208. The molecule has 0 amide bonds. The van der Waals surface area contributed by atoms with Crippen LogP contribution in [-0.4, -0.2) is 20.6 Å². The Morgan fingerprint density at radius 3 is 2.56 bits per heavy atom. The van der Waals surface area contributed by atoms with Crippen LogP contribution in [0.2, 0.25) is 0 Å². The van der Waals surface area contributed by atoms with Crippen molar-refractivity contribution in [3.63, 3.8) is 0 Å². The molecule has 0 spiro atoms. The molecule has 0 fully saturated rings. The lowest BCUT2D eigenvalue weighted by atomic mass is 9.99. The van der Waals surface area contributed by atoms with Crippen LogP contribution in [-0.2, 0) is 17.6 Å². The first-order valence-corrected chi connectivity index (χ1v) is 8.86. The Morgan fingerprint density at radius 1 is 1.00 bits per heavy atom. The molecule has 0 saturated heterocycles. The number of Topliss-reactive ketones (excluding diaryl/α,β-unsaturated/α-hetero) is 1. The highest BCUT2D eigenvalue weighted by molar-refractivity contribution is 5.87. The molecule has 2 N–H and O–H groups in total. The fourth-order valence-electron chi connectivity index (χ4n) is 3.35. The van der Waals surface area contributed by atoms with Gasteiger partial charge in [-0.1, -0.05) is 65.4 Å². The van der Waals surface area contributed by atoms with E-state index in [9.17, 15) is 4.79 Å². The second kappa shape index (κ2) is 7.03. The summed E-state index contributed by atoms with van der Waals surface area (Å²) in [7, 11) is 0. The number of ketones is 1. The van der Waals surface area contributed by atoms with Crippen LogP contribution in [0, 0.1) is 6.92 Å². The van der Waals surface area contributed by atoms with Crippen LogP contribution in [0.5, 0.6) is 0 Å². The molecule has 2 aromatic heterocycles.